The first-order valence-corrected chi connectivity index (χ1v) is 3.57. The Bertz CT molecular complexity index is 392. The van der Waals surface area contributed by atoms with Gasteiger partial charge in [-0.3, -0.25) is 0 Å². The molecule has 1 aromatic heterocycles. The third-order valence-corrected chi connectivity index (χ3v) is 1.77. The van der Waals surface area contributed by atoms with E-state index < -0.39 is 6.36 Å². The van der Waals surface area contributed by atoms with E-state index in [1.165, 1.54) is 6.26 Å². The number of hydrogen-bond donors (Lipinski definition) is 1. The number of hydrogen-bond acceptors (Lipinski definition) is 2. The monoisotopic (exact) mass is 166 g/mol. The van der Waals surface area contributed by atoms with Crippen LogP contribution in [0.3, 0.4) is 0 Å². The molecular weight excluding hydrogens is 159 g/mol. The zero-order chi connectivity index (χ0) is 8.55. The summed E-state index contributed by atoms with van der Waals surface area (Å²) in [5.41, 5.74) is 0.773. The van der Waals surface area contributed by atoms with E-state index in [-0.39, 0.29) is 5.56 Å². The Hall–Kier alpha value is -1.35. The highest BCUT2D eigenvalue weighted by Crippen LogP contribution is 2.26. The second-order valence-corrected chi connectivity index (χ2v) is 2.52. The Balaban J connectivity index is 2.70. The molecule has 1 N–H and O–H groups in total. The third-order valence-electron chi connectivity index (χ3n) is 1.77. The molecule has 2 nitrogen and oxygen atoms in total. The topological polar surface area (TPSA) is 33.4 Å². The number of fused-ring (bicyclic) bond motifs is 1. The van der Waals surface area contributed by atoms with Gasteiger partial charge in [-0.1, -0.05) is 18.2 Å². The summed E-state index contributed by atoms with van der Waals surface area (Å²) in [6.07, 6.45) is -0.733. The number of halogens is 1. The minimum atomic E-state index is -1.96. The van der Waals surface area contributed by atoms with E-state index in [0.29, 0.717) is 11.0 Å². The van der Waals surface area contributed by atoms with Gasteiger partial charge in [-0.15, -0.1) is 0 Å². The molecule has 0 amide bonds. The number of alkyl halides is 1. The van der Waals surface area contributed by atoms with E-state index in [1.807, 2.05) is 0 Å². The van der Waals surface area contributed by atoms with Crippen LogP contribution in [0.15, 0.2) is 34.9 Å². The van der Waals surface area contributed by atoms with Crippen molar-refractivity contribution in [3.8, 4) is 0 Å². The van der Waals surface area contributed by atoms with Crippen LogP contribution < -0.4 is 0 Å². The van der Waals surface area contributed by atoms with Crippen LogP contribution in [0.2, 0.25) is 0 Å². The Labute approximate surface area is 68.2 Å². The normalized spacial score (nSPS) is 13.5. The number of aliphatic hydroxyl groups excluding tert-OH is 1. The largest absolute Gasteiger partial charge is 0.464 e. The van der Waals surface area contributed by atoms with E-state index in [9.17, 15) is 4.39 Å². The highest BCUT2D eigenvalue weighted by Gasteiger charge is 2.11. The SMILES string of the molecule is OC(F)c1coc2ccccc12. The average Bonchev–Trinajstić information content (AvgIpc) is 2.47. The molecule has 0 fully saturated rings. The maximum atomic E-state index is 12.5. The Morgan fingerprint density at radius 3 is 2.83 bits per heavy atom. The van der Waals surface area contributed by atoms with Crippen LogP contribution >= 0.6 is 0 Å². The maximum Gasteiger partial charge on any atom is 0.226 e. The molecule has 0 spiro atoms. The smallest absolute Gasteiger partial charge is 0.226 e. The third kappa shape index (κ3) is 0.987. The van der Waals surface area contributed by atoms with Crippen molar-refractivity contribution in [2.45, 2.75) is 6.36 Å². The summed E-state index contributed by atoms with van der Waals surface area (Å²) in [7, 11) is 0. The van der Waals surface area contributed by atoms with Crippen molar-refractivity contribution >= 4 is 11.0 Å². The Morgan fingerprint density at radius 1 is 1.33 bits per heavy atom. The van der Waals surface area contributed by atoms with Crippen molar-refractivity contribution in [2.75, 3.05) is 0 Å². The molecule has 1 aromatic carbocycles. The molecule has 1 atom stereocenters. The van der Waals surface area contributed by atoms with Gasteiger partial charge in [-0.05, 0) is 6.07 Å². The molecule has 0 radical (unpaired) electrons. The summed E-state index contributed by atoms with van der Waals surface area (Å²) in [5, 5.41) is 9.30. The fourth-order valence-electron chi connectivity index (χ4n) is 1.18. The highest BCUT2D eigenvalue weighted by molar-refractivity contribution is 5.80. The lowest BCUT2D eigenvalue weighted by molar-refractivity contribution is 0.0417. The number of benzene rings is 1. The van der Waals surface area contributed by atoms with E-state index in [4.69, 9.17) is 9.52 Å². The zero-order valence-electron chi connectivity index (χ0n) is 6.20. The molecule has 1 heterocycles. The zero-order valence-corrected chi connectivity index (χ0v) is 6.20. The van der Waals surface area contributed by atoms with Gasteiger partial charge in [0, 0.05) is 5.39 Å². The molecule has 0 aliphatic heterocycles. The first-order valence-electron chi connectivity index (χ1n) is 3.57. The van der Waals surface area contributed by atoms with Gasteiger partial charge in [0.15, 0.2) is 0 Å². The maximum absolute atomic E-state index is 12.5. The van der Waals surface area contributed by atoms with Crippen LogP contribution in [0.1, 0.15) is 11.9 Å². The fraction of sp³-hybridized carbons (Fsp3) is 0.111. The summed E-state index contributed by atoms with van der Waals surface area (Å²) in [6, 6.07) is 6.99. The number of para-hydroxylation sites is 1. The fourth-order valence-corrected chi connectivity index (χ4v) is 1.18. The molecule has 0 aliphatic carbocycles. The molecule has 0 bridgehead atoms. The average molecular weight is 166 g/mol. The van der Waals surface area contributed by atoms with Gasteiger partial charge in [-0.2, -0.15) is 0 Å². The molecule has 0 saturated heterocycles. The highest BCUT2D eigenvalue weighted by atomic mass is 19.1. The van der Waals surface area contributed by atoms with Gasteiger partial charge in [0.05, 0.1) is 5.56 Å². The first-order chi connectivity index (χ1) is 5.79. The van der Waals surface area contributed by atoms with Gasteiger partial charge >= 0.3 is 0 Å². The lowest BCUT2D eigenvalue weighted by Crippen LogP contribution is -1.85. The summed E-state index contributed by atoms with van der Waals surface area (Å²) in [5.74, 6) is 0. The van der Waals surface area contributed by atoms with Crippen LogP contribution in [0.5, 0.6) is 0 Å². The molecule has 62 valence electrons. The number of aliphatic hydroxyl groups is 1. The predicted molar refractivity (Wildman–Crippen MR) is 42.3 cm³/mol. The Kier molecular flexibility index (Phi) is 1.59. The van der Waals surface area contributed by atoms with E-state index in [0.717, 1.165) is 0 Å². The van der Waals surface area contributed by atoms with Crippen LogP contribution in [0.4, 0.5) is 4.39 Å². The van der Waals surface area contributed by atoms with Crippen LogP contribution in [-0.4, -0.2) is 5.11 Å². The molecule has 1 unspecified atom stereocenters. The molecule has 0 saturated carbocycles. The second kappa shape index (κ2) is 2.60. The molecular formula is C9H7FO2. The van der Waals surface area contributed by atoms with Gasteiger partial charge in [-0.25, -0.2) is 4.39 Å². The minimum absolute atomic E-state index is 0.186. The standard InChI is InChI=1S/C9H7FO2/c10-9(11)7-5-12-8-4-2-1-3-6(7)8/h1-5,9,11H. The van der Waals surface area contributed by atoms with Gasteiger partial charge in [0.25, 0.3) is 0 Å². The summed E-state index contributed by atoms with van der Waals surface area (Å²) in [4.78, 5) is 0. The molecule has 2 rings (SSSR count). The summed E-state index contributed by atoms with van der Waals surface area (Å²) >= 11 is 0. The number of furan rings is 1. The van der Waals surface area contributed by atoms with Crippen LogP contribution in [0.25, 0.3) is 11.0 Å². The van der Waals surface area contributed by atoms with Crippen molar-refractivity contribution < 1.29 is 13.9 Å². The van der Waals surface area contributed by atoms with Crippen molar-refractivity contribution in [1.82, 2.24) is 0 Å². The Morgan fingerprint density at radius 2 is 2.08 bits per heavy atom. The van der Waals surface area contributed by atoms with Gasteiger partial charge < -0.3 is 9.52 Å². The van der Waals surface area contributed by atoms with E-state index >= 15 is 0 Å². The summed E-state index contributed by atoms with van der Waals surface area (Å²) in [6.45, 7) is 0. The molecule has 12 heavy (non-hydrogen) atoms. The second-order valence-electron chi connectivity index (χ2n) is 2.52. The molecule has 0 aliphatic rings. The quantitative estimate of drug-likeness (QED) is 0.705. The van der Waals surface area contributed by atoms with Crippen molar-refractivity contribution in [3.05, 3.63) is 36.1 Å². The lowest BCUT2D eigenvalue weighted by atomic mass is 10.2. The van der Waals surface area contributed by atoms with Crippen LogP contribution in [-0.2, 0) is 0 Å². The van der Waals surface area contributed by atoms with Crippen molar-refractivity contribution in [3.63, 3.8) is 0 Å². The van der Waals surface area contributed by atoms with Crippen molar-refractivity contribution in [2.24, 2.45) is 0 Å². The lowest BCUT2D eigenvalue weighted by Gasteiger charge is -1.94. The van der Waals surface area contributed by atoms with Crippen molar-refractivity contribution in [1.29, 1.82) is 0 Å². The number of rotatable bonds is 1. The first kappa shape index (κ1) is 7.31. The summed E-state index contributed by atoms with van der Waals surface area (Å²) < 4.78 is 17.5. The van der Waals surface area contributed by atoms with E-state index in [1.54, 1.807) is 24.3 Å². The van der Waals surface area contributed by atoms with Gasteiger partial charge in [0.1, 0.15) is 11.8 Å². The van der Waals surface area contributed by atoms with Gasteiger partial charge in [0.2, 0.25) is 6.36 Å². The van der Waals surface area contributed by atoms with Crippen LogP contribution in [0, 0.1) is 0 Å². The van der Waals surface area contributed by atoms with E-state index in [2.05, 4.69) is 0 Å². The molecule has 3 heteroatoms. The minimum Gasteiger partial charge on any atom is -0.464 e. The predicted octanol–water partition coefficient (Wildman–Crippen LogP) is 2.39. The molecule has 2 aromatic rings.